The summed E-state index contributed by atoms with van der Waals surface area (Å²) < 4.78 is 2.00. The average Bonchev–Trinajstić information content (AvgIpc) is 2.53. The minimum atomic E-state index is -0.143. The fourth-order valence-electron chi connectivity index (χ4n) is 1.62. The van der Waals surface area contributed by atoms with Crippen LogP contribution in [0, 0.1) is 6.92 Å². The molecule has 0 aliphatic heterocycles. The summed E-state index contributed by atoms with van der Waals surface area (Å²) in [5, 5.41) is 2.77. The number of amides is 1. The average molecular weight is 233 g/mol. The molecule has 1 aromatic rings. The first-order valence-electron chi connectivity index (χ1n) is 5.53. The molecule has 17 heavy (non-hydrogen) atoms. The number of aromatic nitrogens is 2. The van der Waals surface area contributed by atoms with Crippen LogP contribution < -0.4 is 5.32 Å². The number of rotatable bonds is 5. The highest BCUT2D eigenvalue weighted by Crippen LogP contribution is 2.10. The summed E-state index contributed by atoms with van der Waals surface area (Å²) >= 11 is 0. The number of carbonyl (C=O) groups is 1. The summed E-state index contributed by atoms with van der Waals surface area (Å²) in [5.74, 6) is 0.699. The van der Waals surface area contributed by atoms with Gasteiger partial charge in [-0.1, -0.05) is 12.7 Å². The maximum absolute atomic E-state index is 11.4. The SMILES string of the molecule is C=CCc1c(C)nc(CNC(=O)C(=C)C)n1C. The highest BCUT2D eigenvalue weighted by Gasteiger charge is 2.11. The third-order valence-corrected chi connectivity index (χ3v) is 2.64. The number of aryl methyl sites for hydroxylation is 1. The molecule has 0 bridgehead atoms. The van der Waals surface area contributed by atoms with Crippen molar-refractivity contribution in [3.63, 3.8) is 0 Å². The van der Waals surface area contributed by atoms with Crippen molar-refractivity contribution in [2.45, 2.75) is 26.8 Å². The molecule has 0 unspecified atom stereocenters. The van der Waals surface area contributed by atoms with E-state index in [1.54, 1.807) is 6.92 Å². The lowest BCUT2D eigenvalue weighted by atomic mass is 10.2. The zero-order chi connectivity index (χ0) is 13.0. The van der Waals surface area contributed by atoms with E-state index in [0.29, 0.717) is 12.1 Å². The van der Waals surface area contributed by atoms with Crippen LogP contribution in [-0.4, -0.2) is 15.5 Å². The Morgan fingerprint density at radius 3 is 2.76 bits per heavy atom. The molecule has 0 spiro atoms. The van der Waals surface area contributed by atoms with E-state index in [0.717, 1.165) is 23.6 Å². The molecule has 1 aromatic heterocycles. The van der Waals surface area contributed by atoms with Gasteiger partial charge in [-0.3, -0.25) is 4.79 Å². The van der Waals surface area contributed by atoms with Gasteiger partial charge < -0.3 is 9.88 Å². The van der Waals surface area contributed by atoms with Crippen molar-refractivity contribution in [3.8, 4) is 0 Å². The second-order valence-corrected chi connectivity index (χ2v) is 4.07. The molecule has 0 saturated carbocycles. The molecule has 0 radical (unpaired) electrons. The van der Waals surface area contributed by atoms with E-state index >= 15 is 0 Å². The highest BCUT2D eigenvalue weighted by atomic mass is 16.1. The Morgan fingerprint density at radius 2 is 2.24 bits per heavy atom. The van der Waals surface area contributed by atoms with Crippen molar-refractivity contribution in [3.05, 3.63) is 42.0 Å². The Bertz CT molecular complexity index is 457. The van der Waals surface area contributed by atoms with Gasteiger partial charge in [-0.2, -0.15) is 0 Å². The lowest BCUT2D eigenvalue weighted by Crippen LogP contribution is -2.24. The van der Waals surface area contributed by atoms with Crippen molar-refractivity contribution in [2.24, 2.45) is 7.05 Å². The predicted octanol–water partition coefficient (Wildman–Crippen LogP) is 1.65. The van der Waals surface area contributed by atoms with Gasteiger partial charge in [0.05, 0.1) is 12.2 Å². The molecule has 0 fully saturated rings. The normalized spacial score (nSPS) is 10.1. The van der Waals surface area contributed by atoms with Crippen molar-refractivity contribution < 1.29 is 4.79 Å². The Hall–Kier alpha value is -1.84. The predicted molar refractivity (Wildman–Crippen MR) is 68.5 cm³/mol. The third-order valence-electron chi connectivity index (χ3n) is 2.64. The van der Waals surface area contributed by atoms with Crippen molar-refractivity contribution in [1.82, 2.24) is 14.9 Å². The molecule has 0 saturated heterocycles. The van der Waals surface area contributed by atoms with E-state index in [4.69, 9.17) is 0 Å². The topological polar surface area (TPSA) is 46.9 Å². The summed E-state index contributed by atoms with van der Waals surface area (Å²) in [6.45, 7) is 11.4. The molecule has 1 heterocycles. The van der Waals surface area contributed by atoms with Gasteiger partial charge in [-0.25, -0.2) is 4.98 Å². The molecule has 1 amide bonds. The first kappa shape index (κ1) is 13.2. The van der Waals surface area contributed by atoms with Gasteiger partial charge in [0, 0.05) is 24.7 Å². The molecular formula is C13H19N3O. The number of carbonyl (C=O) groups excluding carboxylic acids is 1. The van der Waals surface area contributed by atoms with Gasteiger partial charge in [-0.05, 0) is 13.8 Å². The summed E-state index contributed by atoms with van der Waals surface area (Å²) in [5.41, 5.74) is 2.61. The molecule has 4 nitrogen and oxygen atoms in total. The summed E-state index contributed by atoms with van der Waals surface area (Å²) in [7, 11) is 1.95. The molecule has 92 valence electrons. The largest absolute Gasteiger partial charge is 0.345 e. The van der Waals surface area contributed by atoms with Crippen LogP contribution in [-0.2, 0) is 24.8 Å². The lowest BCUT2D eigenvalue weighted by molar-refractivity contribution is -0.117. The third kappa shape index (κ3) is 3.06. The van der Waals surface area contributed by atoms with Crippen LogP contribution in [0.5, 0.6) is 0 Å². The van der Waals surface area contributed by atoms with Crippen LogP contribution in [0.4, 0.5) is 0 Å². The van der Waals surface area contributed by atoms with Gasteiger partial charge in [0.1, 0.15) is 5.82 Å². The molecule has 0 aliphatic carbocycles. The van der Waals surface area contributed by atoms with Gasteiger partial charge >= 0.3 is 0 Å². The lowest BCUT2D eigenvalue weighted by Gasteiger charge is -2.06. The van der Waals surface area contributed by atoms with E-state index < -0.39 is 0 Å². The van der Waals surface area contributed by atoms with Crippen molar-refractivity contribution in [2.75, 3.05) is 0 Å². The highest BCUT2D eigenvalue weighted by molar-refractivity contribution is 5.91. The van der Waals surface area contributed by atoms with Crippen molar-refractivity contribution in [1.29, 1.82) is 0 Å². The minimum absolute atomic E-state index is 0.143. The summed E-state index contributed by atoms with van der Waals surface area (Å²) in [6, 6.07) is 0. The van der Waals surface area contributed by atoms with E-state index in [9.17, 15) is 4.79 Å². The zero-order valence-electron chi connectivity index (χ0n) is 10.7. The zero-order valence-corrected chi connectivity index (χ0v) is 10.7. The summed E-state index contributed by atoms with van der Waals surface area (Å²) in [4.78, 5) is 15.8. The smallest absolute Gasteiger partial charge is 0.246 e. The van der Waals surface area contributed by atoms with Gasteiger partial charge in [0.25, 0.3) is 0 Å². The Kier molecular flexibility index (Phi) is 4.26. The molecule has 4 heteroatoms. The molecule has 1 N–H and O–H groups in total. The van der Waals surface area contributed by atoms with E-state index in [1.807, 2.05) is 24.6 Å². The minimum Gasteiger partial charge on any atom is -0.345 e. The van der Waals surface area contributed by atoms with Crippen LogP contribution in [0.1, 0.15) is 24.1 Å². The second-order valence-electron chi connectivity index (χ2n) is 4.07. The molecule has 0 aliphatic rings. The van der Waals surface area contributed by atoms with Gasteiger partial charge in [-0.15, -0.1) is 6.58 Å². The number of hydrogen-bond acceptors (Lipinski definition) is 2. The molecule has 0 atom stereocenters. The second kappa shape index (κ2) is 5.48. The molecular weight excluding hydrogens is 214 g/mol. The van der Waals surface area contributed by atoms with Crippen LogP contribution in [0.15, 0.2) is 24.8 Å². The van der Waals surface area contributed by atoms with Crippen LogP contribution in [0.2, 0.25) is 0 Å². The standard InChI is InChI=1S/C13H19N3O/c1-6-7-11-10(4)15-12(16(11)5)8-14-13(17)9(2)3/h6H,1-2,7-8H2,3-5H3,(H,14,17). The number of allylic oxidation sites excluding steroid dienone is 1. The molecule has 0 aromatic carbocycles. The van der Waals surface area contributed by atoms with E-state index in [-0.39, 0.29) is 5.91 Å². The van der Waals surface area contributed by atoms with Gasteiger partial charge in [0.15, 0.2) is 0 Å². The van der Waals surface area contributed by atoms with Crippen molar-refractivity contribution >= 4 is 5.91 Å². The maximum Gasteiger partial charge on any atom is 0.246 e. The van der Waals surface area contributed by atoms with Crippen LogP contribution in [0.3, 0.4) is 0 Å². The molecule has 1 rings (SSSR count). The first-order chi connectivity index (χ1) is 7.97. The number of imidazole rings is 1. The van der Waals surface area contributed by atoms with E-state index in [1.165, 1.54) is 0 Å². The quantitative estimate of drug-likeness (QED) is 0.621. The first-order valence-corrected chi connectivity index (χ1v) is 5.53. The Balaban J connectivity index is 2.79. The maximum atomic E-state index is 11.4. The van der Waals surface area contributed by atoms with Gasteiger partial charge in [0.2, 0.25) is 5.91 Å². The number of nitrogens with one attached hydrogen (secondary N) is 1. The summed E-state index contributed by atoms with van der Waals surface area (Å²) in [6.07, 6.45) is 2.63. The Morgan fingerprint density at radius 1 is 1.59 bits per heavy atom. The van der Waals surface area contributed by atoms with E-state index in [2.05, 4.69) is 23.5 Å². The Labute approximate surface area is 102 Å². The monoisotopic (exact) mass is 233 g/mol. The van der Waals surface area contributed by atoms with Crippen LogP contribution >= 0.6 is 0 Å². The number of nitrogens with zero attached hydrogens (tertiary/aromatic N) is 2. The fourth-order valence-corrected chi connectivity index (χ4v) is 1.62. The fraction of sp³-hybridized carbons (Fsp3) is 0.385. The number of hydrogen-bond donors (Lipinski definition) is 1. The van der Waals surface area contributed by atoms with Crippen LogP contribution in [0.25, 0.3) is 0 Å².